The number of hydrogen-bond donors (Lipinski definition) is 0. The van der Waals surface area contributed by atoms with E-state index >= 15 is 0 Å². The van der Waals surface area contributed by atoms with E-state index in [0.717, 1.165) is 29.0 Å². The molecule has 3 aliphatic heterocycles. The summed E-state index contributed by atoms with van der Waals surface area (Å²) < 4.78 is 6.60. The topological polar surface area (TPSA) is 82.3 Å². The summed E-state index contributed by atoms with van der Waals surface area (Å²) in [6.07, 6.45) is 4.84. The van der Waals surface area contributed by atoms with Crippen LogP contribution in [0.4, 0.5) is 10.5 Å². The number of hydrogen-bond acceptors (Lipinski definition) is 5. The quantitative estimate of drug-likeness (QED) is 0.737. The van der Waals surface area contributed by atoms with E-state index in [1.54, 1.807) is 18.0 Å². The Morgan fingerprint density at radius 2 is 2.11 bits per heavy atom. The van der Waals surface area contributed by atoms with Crippen molar-refractivity contribution in [3.8, 4) is 0 Å². The summed E-state index contributed by atoms with van der Waals surface area (Å²) in [5.41, 5.74) is 1.94. The number of para-hydroxylation sites is 1. The first-order chi connectivity index (χ1) is 13.5. The summed E-state index contributed by atoms with van der Waals surface area (Å²) in [6, 6.07) is 7.15. The Labute approximate surface area is 162 Å². The molecule has 4 rings (SSSR count). The molecule has 144 valence electrons. The Morgan fingerprint density at radius 1 is 1.32 bits per heavy atom. The summed E-state index contributed by atoms with van der Waals surface area (Å²) in [6.45, 7) is 0.247. The molecule has 0 bridgehead atoms. The van der Waals surface area contributed by atoms with Crippen molar-refractivity contribution >= 4 is 35.6 Å². The van der Waals surface area contributed by atoms with Gasteiger partial charge in [-0.1, -0.05) is 18.2 Å². The molecule has 4 amide bonds. The molecule has 8 nitrogen and oxygen atoms in total. The van der Waals surface area contributed by atoms with Gasteiger partial charge < -0.3 is 9.64 Å². The lowest BCUT2D eigenvalue weighted by molar-refractivity contribution is -0.408. The van der Waals surface area contributed by atoms with Crippen molar-refractivity contribution in [1.29, 1.82) is 0 Å². The van der Waals surface area contributed by atoms with Gasteiger partial charge in [-0.15, -0.1) is 4.99 Å². The molecule has 0 fully saturated rings. The number of anilines is 1. The summed E-state index contributed by atoms with van der Waals surface area (Å²) in [5.74, 6) is -0.898. The predicted molar refractivity (Wildman–Crippen MR) is 102 cm³/mol. The number of urea groups is 1. The molecule has 28 heavy (non-hydrogen) atoms. The molecule has 0 saturated heterocycles. The number of amidine groups is 1. The van der Waals surface area contributed by atoms with Gasteiger partial charge in [0.25, 0.3) is 11.7 Å². The number of benzene rings is 1. The van der Waals surface area contributed by atoms with Gasteiger partial charge in [-0.3, -0.25) is 9.59 Å². The van der Waals surface area contributed by atoms with Crippen molar-refractivity contribution in [2.75, 3.05) is 32.1 Å². The first-order valence-electron chi connectivity index (χ1n) is 9.15. The zero-order chi connectivity index (χ0) is 19.8. The first-order valence-corrected chi connectivity index (χ1v) is 9.15. The summed E-state index contributed by atoms with van der Waals surface area (Å²) >= 11 is 0. The molecule has 1 aromatic rings. The van der Waals surface area contributed by atoms with Gasteiger partial charge in [0.1, 0.15) is 12.0 Å². The molecule has 1 unspecified atom stereocenters. The highest BCUT2D eigenvalue weighted by molar-refractivity contribution is 6.16. The number of carbonyl (C=O) groups excluding carboxylic acids is 3. The zero-order valence-electron chi connectivity index (χ0n) is 15.8. The zero-order valence-corrected chi connectivity index (χ0v) is 15.8. The van der Waals surface area contributed by atoms with Gasteiger partial charge in [0.05, 0.1) is 14.2 Å². The molecule has 0 saturated carbocycles. The van der Waals surface area contributed by atoms with E-state index in [-0.39, 0.29) is 12.5 Å². The van der Waals surface area contributed by atoms with Gasteiger partial charge in [0.15, 0.2) is 12.5 Å². The van der Waals surface area contributed by atoms with Gasteiger partial charge in [-0.05, 0) is 24.5 Å². The number of fused-ring (bicyclic) bond motifs is 2. The van der Waals surface area contributed by atoms with Crippen LogP contribution >= 0.6 is 0 Å². The van der Waals surface area contributed by atoms with Gasteiger partial charge in [-0.25, -0.2) is 4.79 Å². The van der Waals surface area contributed by atoms with E-state index in [1.165, 1.54) is 17.9 Å². The molecule has 3 aliphatic rings. The van der Waals surface area contributed by atoms with E-state index < -0.39 is 17.9 Å². The molecule has 0 spiro atoms. The lowest BCUT2D eigenvalue weighted by Gasteiger charge is -2.32. The van der Waals surface area contributed by atoms with Crippen LogP contribution in [0.3, 0.4) is 0 Å². The van der Waals surface area contributed by atoms with Crippen LogP contribution in [0.15, 0.2) is 41.1 Å². The number of dihydropyridines is 1. The molecule has 1 aromatic carbocycles. The van der Waals surface area contributed by atoms with Crippen LogP contribution < -0.4 is 4.90 Å². The molecular formula is C20H21N4O4+. The highest BCUT2D eigenvalue weighted by atomic mass is 16.5. The third-order valence-electron chi connectivity index (χ3n) is 5.30. The van der Waals surface area contributed by atoms with Crippen LogP contribution in [0.25, 0.3) is 0 Å². The van der Waals surface area contributed by atoms with E-state index in [9.17, 15) is 14.4 Å². The number of ether oxygens (including phenoxy) is 1. The number of methoxy groups -OCH3 is 1. The highest BCUT2D eigenvalue weighted by Gasteiger charge is 2.50. The van der Waals surface area contributed by atoms with Crippen LogP contribution in [-0.4, -0.2) is 66.6 Å². The third kappa shape index (κ3) is 2.81. The van der Waals surface area contributed by atoms with E-state index in [0.29, 0.717) is 18.1 Å². The normalized spacial score (nSPS) is 21.4. The number of imide groups is 1. The average molecular weight is 381 g/mol. The second kappa shape index (κ2) is 7.03. The molecule has 0 N–H and O–H groups in total. The van der Waals surface area contributed by atoms with Crippen LogP contribution in [0.5, 0.6) is 0 Å². The molecule has 0 aromatic heterocycles. The standard InChI is InChI=1S/C20H21N4O4/c1-22-18-17(15(28-2)9-10-21-18)19(26)24(20(22)27)12-16(25)23-11-5-7-13-6-3-4-8-14(13)23/h3-4,6,8-10,17H,5,7,11-12H2,1-2H3/q+1. The molecule has 3 heterocycles. The minimum absolute atomic E-state index is 0.284. The van der Waals surface area contributed by atoms with Crippen molar-refractivity contribution in [3.05, 3.63) is 41.7 Å². The molecule has 8 heteroatoms. The minimum Gasteiger partial charge on any atom is -0.499 e. The van der Waals surface area contributed by atoms with Gasteiger partial charge in [0, 0.05) is 18.3 Å². The van der Waals surface area contributed by atoms with E-state index in [2.05, 4.69) is 4.99 Å². The van der Waals surface area contributed by atoms with Crippen molar-refractivity contribution in [1.82, 2.24) is 4.90 Å². The third-order valence-corrected chi connectivity index (χ3v) is 5.30. The summed E-state index contributed by atoms with van der Waals surface area (Å²) in [5, 5.41) is 0. The number of amides is 4. The van der Waals surface area contributed by atoms with Gasteiger partial charge >= 0.3 is 11.9 Å². The Hall–Kier alpha value is -3.29. The smallest absolute Gasteiger partial charge is 0.446 e. The largest absolute Gasteiger partial charge is 0.499 e. The fraction of sp³-hybridized carbons (Fsp3) is 0.350. The van der Waals surface area contributed by atoms with Gasteiger partial charge in [-0.2, -0.15) is 9.48 Å². The maximum absolute atomic E-state index is 13.0. The number of nitrogens with zero attached hydrogens (tertiary/aromatic N) is 4. The fourth-order valence-electron chi connectivity index (χ4n) is 3.87. The summed E-state index contributed by atoms with van der Waals surface area (Å²) in [7, 11) is 3.01. The average Bonchev–Trinajstić information content (AvgIpc) is 2.74. The maximum Gasteiger partial charge on any atom is 0.446 e. The van der Waals surface area contributed by atoms with Crippen LogP contribution in [0.2, 0.25) is 0 Å². The van der Waals surface area contributed by atoms with E-state index in [4.69, 9.17) is 4.74 Å². The highest BCUT2D eigenvalue weighted by Crippen LogP contribution is 2.28. The van der Waals surface area contributed by atoms with Crippen molar-refractivity contribution in [3.63, 3.8) is 0 Å². The van der Waals surface area contributed by atoms with Crippen molar-refractivity contribution in [2.24, 2.45) is 10.9 Å². The minimum atomic E-state index is -0.820. The SMILES string of the molecule is COC1=CC=NC2=[N+](C)C(=O)N(CC(=O)N3CCCc4ccccc43)C(=O)C12. The Morgan fingerprint density at radius 3 is 2.89 bits per heavy atom. The maximum atomic E-state index is 13.0. The molecule has 0 aliphatic carbocycles. The monoisotopic (exact) mass is 381 g/mol. The number of rotatable bonds is 3. The van der Waals surface area contributed by atoms with Crippen molar-refractivity contribution < 1.29 is 23.7 Å². The lowest BCUT2D eigenvalue weighted by atomic mass is 9.99. The Kier molecular flexibility index (Phi) is 4.54. The fourth-order valence-corrected chi connectivity index (χ4v) is 3.87. The van der Waals surface area contributed by atoms with Crippen molar-refractivity contribution in [2.45, 2.75) is 12.8 Å². The number of carbonyl (C=O) groups is 3. The second-order valence-corrected chi connectivity index (χ2v) is 6.89. The van der Waals surface area contributed by atoms with E-state index in [1.807, 2.05) is 24.3 Å². The van der Waals surface area contributed by atoms with Crippen LogP contribution in [0, 0.1) is 5.92 Å². The molecule has 0 radical (unpaired) electrons. The molecular weight excluding hydrogens is 360 g/mol. The first kappa shape index (κ1) is 18.1. The number of allylic oxidation sites excluding steroid dienone is 1. The number of aryl methyl sites for hydroxylation is 1. The Bertz CT molecular complexity index is 963. The lowest BCUT2D eigenvalue weighted by Crippen LogP contribution is -2.57. The second-order valence-electron chi connectivity index (χ2n) is 6.89. The predicted octanol–water partition coefficient (Wildman–Crippen LogP) is 1.20. The van der Waals surface area contributed by atoms with Crippen LogP contribution in [-0.2, 0) is 20.7 Å². The molecule has 1 atom stereocenters. The Balaban J connectivity index is 1.62. The van der Waals surface area contributed by atoms with Crippen LogP contribution in [0.1, 0.15) is 12.0 Å². The summed E-state index contributed by atoms with van der Waals surface area (Å²) in [4.78, 5) is 45.6. The number of aliphatic imine (C=N–C) groups is 1. The van der Waals surface area contributed by atoms with Gasteiger partial charge in [0.2, 0.25) is 0 Å².